The largest absolute Gasteiger partial charge is 0.466 e. The first kappa shape index (κ1) is 24.5. The van der Waals surface area contributed by atoms with Gasteiger partial charge in [-0.15, -0.1) is 0 Å². The Morgan fingerprint density at radius 1 is 1.15 bits per heavy atom. The Morgan fingerprint density at radius 2 is 1.82 bits per heavy atom. The molecule has 6 nitrogen and oxygen atoms in total. The van der Waals surface area contributed by atoms with Crippen LogP contribution in [0, 0.1) is 39.9 Å². The van der Waals surface area contributed by atoms with Gasteiger partial charge in [0.15, 0.2) is 5.79 Å². The van der Waals surface area contributed by atoms with Crippen LogP contribution in [0.5, 0.6) is 0 Å². The molecule has 1 spiro atoms. The zero-order valence-electron chi connectivity index (χ0n) is 21.7. The van der Waals surface area contributed by atoms with E-state index in [0.29, 0.717) is 38.4 Å². The van der Waals surface area contributed by atoms with E-state index in [9.17, 15) is 14.7 Å². The van der Waals surface area contributed by atoms with E-state index in [1.54, 1.807) is 6.08 Å². The Bertz CT molecular complexity index is 912. The van der Waals surface area contributed by atoms with Crippen molar-refractivity contribution in [3.63, 3.8) is 0 Å². The number of ketones is 1. The predicted molar refractivity (Wildman–Crippen MR) is 127 cm³/mol. The van der Waals surface area contributed by atoms with Gasteiger partial charge in [-0.1, -0.05) is 40.2 Å². The highest BCUT2D eigenvalue weighted by Crippen LogP contribution is 2.69. The number of carbonyl (C=O) groups is 2. The van der Waals surface area contributed by atoms with Crippen molar-refractivity contribution >= 4 is 11.8 Å². The minimum Gasteiger partial charge on any atom is -0.466 e. The molecule has 1 heterocycles. The molecule has 190 valence electrons. The van der Waals surface area contributed by atoms with Crippen molar-refractivity contribution in [2.45, 2.75) is 91.0 Å². The Labute approximate surface area is 203 Å². The first-order valence-corrected chi connectivity index (χ1v) is 13.1. The van der Waals surface area contributed by atoms with Crippen LogP contribution in [0.1, 0.15) is 79.6 Å². The van der Waals surface area contributed by atoms with E-state index < -0.39 is 16.8 Å². The molecule has 5 aliphatic rings. The molecule has 1 aliphatic heterocycles. The van der Waals surface area contributed by atoms with Crippen molar-refractivity contribution in [2.75, 3.05) is 20.3 Å². The van der Waals surface area contributed by atoms with E-state index in [2.05, 4.69) is 34.6 Å². The van der Waals surface area contributed by atoms with Crippen LogP contribution in [0.25, 0.3) is 0 Å². The van der Waals surface area contributed by atoms with Crippen molar-refractivity contribution < 1.29 is 28.9 Å². The summed E-state index contributed by atoms with van der Waals surface area (Å²) in [5.41, 5.74) is -0.785. The van der Waals surface area contributed by atoms with Gasteiger partial charge in [0.25, 0.3) is 0 Å². The van der Waals surface area contributed by atoms with E-state index in [1.807, 2.05) is 0 Å². The SMILES string of the molecule is COC(=O)/C=C1/CC[C@H]2[C@@H]3C[C@H](C)[C@@]4(O)CC5(CC[C@]4(C)[C@H]3C(=O)C[C@]12C)OCC(C)(C)CO5. The maximum Gasteiger partial charge on any atom is 0.330 e. The number of carbonyl (C=O) groups excluding carboxylic acids is 2. The molecular formula is C28H42O6. The number of aliphatic hydroxyl groups is 1. The lowest BCUT2D eigenvalue weighted by Crippen LogP contribution is -2.70. The summed E-state index contributed by atoms with van der Waals surface area (Å²) in [4.78, 5) is 26.0. The van der Waals surface area contributed by atoms with E-state index in [0.717, 1.165) is 31.3 Å². The molecule has 0 bridgehead atoms. The Morgan fingerprint density at radius 3 is 2.47 bits per heavy atom. The fraction of sp³-hybridized carbons (Fsp3) is 0.857. The molecule has 34 heavy (non-hydrogen) atoms. The normalized spacial score (nSPS) is 48.2. The molecule has 4 aliphatic carbocycles. The third-order valence-electron chi connectivity index (χ3n) is 10.7. The van der Waals surface area contributed by atoms with Crippen LogP contribution in [-0.2, 0) is 23.8 Å². The molecule has 4 saturated carbocycles. The van der Waals surface area contributed by atoms with Crippen LogP contribution in [-0.4, -0.2) is 48.6 Å². The maximum atomic E-state index is 13.9. The van der Waals surface area contributed by atoms with E-state index >= 15 is 0 Å². The van der Waals surface area contributed by atoms with E-state index in [4.69, 9.17) is 14.2 Å². The third kappa shape index (κ3) is 3.31. The highest BCUT2D eigenvalue weighted by atomic mass is 16.7. The maximum absolute atomic E-state index is 13.9. The topological polar surface area (TPSA) is 82.1 Å². The summed E-state index contributed by atoms with van der Waals surface area (Å²) in [7, 11) is 1.40. The molecule has 5 rings (SSSR count). The molecular weight excluding hydrogens is 432 g/mol. The van der Waals surface area contributed by atoms with Crippen LogP contribution in [0.4, 0.5) is 0 Å². The lowest BCUT2D eigenvalue weighted by atomic mass is 9.41. The number of methoxy groups -OCH3 is 1. The summed E-state index contributed by atoms with van der Waals surface area (Å²) in [5.74, 6) is -0.413. The zero-order chi connectivity index (χ0) is 24.7. The number of fused-ring (bicyclic) bond motifs is 5. The molecule has 1 saturated heterocycles. The minimum absolute atomic E-state index is 0.0282. The summed E-state index contributed by atoms with van der Waals surface area (Å²) in [6, 6.07) is 0. The van der Waals surface area contributed by atoms with Gasteiger partial charge in [-0.25, -0.2) is 4.79 Å². The van der Waals surface area contributed by atoms with Gasteiger partial charge in [-0.3, -0.25) is 4.79 Å². The van der Waals surface area contributed by atoms with Crippen LogP contribution < -0.4 is 0 Å². The number of hydrogen-bond acceptors (Lipinski definition) is 6. The second kappa shape index (κ2) is 7.63. The molecule has 5 fully saturated rings. The third-order valence-corrected chi connectivity index (χ3v) is 10.7. The van der Waals surface area contributed by atoms with Crippen LogP contribution in [0.15, 0.2) is 11.6 Å². The predicted octanol–water partition coefficient (Wildman–Crippen LogP) is 4.44. The van der Waals surface area contributed by atoms with Crippen LogP contribution >= 0.6 is 0 Å². The number of allylic oxidation sites excluding steroid dienone is 1. The molecule has 0 aromatic heterocycles. The van der Waals surface area contributed by atoms with Gasteiger partial charge < -0.3 is 19.3 Å². The highest BCUT2D eigenvalue weighted by molar-refractivity contribution is 5.87. The summed E-state index contributed by atoms with van der Waals surface area (Å²) >= 11 is 0. The Hall–Kier alpha value is -1.24. The Kier molecular flexibility index (Phi) is 5.49. The van der Waals surface area contributed by atoms with E-state index in [1.165, 1.54) is 7.11 Å². The lowest BCUT2D eigenvalue weighted by Gasteiger charge is -2.66. The van der Waals surface area contributed by atoms with Crippen molar-refractivity contribution in [3.8, 4) is 0 Å². The molecule has 0 radical (unpaired) electrons. The Balaban J connectivity index is 1.47. The smallest absolute Gasteiger partial charge is 0.330 e. The molecule has 0 aromatic rings. The monoisotopic (exact) mass is 474 g/mol. The molecule has 0 unspecified atom stereocenters. The van der Waals surface area contributed by atoms with E-state index in [-0.39, 0.29) is 40.3 Å². The second-order valence-electron chi connectivity index (χ2n) is 13.3. The lowest BCUT2D eigenvalue weighted by molar-refractivity contribution is -0.358. The van der Waals surface area contributed by atoms with Crippen molar-refractivity contribution in [2.24, 2.45) is 39.9 Å². The quantitative estimate of drug-likeness (QED) is 0.447. The van der Waals surface area contributed by atoms with Gasteiger partial charge in [0.05, 0.1) is 25.9 Å². The van der Waals surface area contributed by atoms with Gasteiger partial charge in [0.1, 0.15) is 5.78 Å². The van der Waals surface area contributed by atoms with Gasteiger partial charge in [-0.2, -0.15) is 0 Å². The molecule has 7 atom stereocenters. The van der Waals surface area contributed by atoms with Gasteiger partial charge in [0.2, 0.25) is 0 Å². The molecule has 1 N–H and O–H groups in total. The summed E-state index contributed by atoms with van der Waals surface area (Å²) in [6.07, 6.45) is 6.56. The van der Waals surface area contributed by atoms with Crippen molar-refractivity contribution in [3.05, 3.63) is 11.6 Å². The number of hydrogen-bond donors (Lipinski definition) is 1. The van der Waals surface area contributed by atoms with Gasteiger partial charge in [-0.05, 0) is 48.9 Å². The second-order valence-corrected chi connectivity index (χ2v) is 13.3. The van der Waals surface area contributed by atoms with Crippen molar-refractivity contribution in [1.82, 2.24) is 0 Å². The highest BCUT2D eigenvalue weighted by Gasteiger charge is 2.70. The minimum atomic E-state index is -1.01. The van der Waals surface area contributed by atoms with Gasteiger partial charge in [0, 0.05) is 42.1 Å². The number of Topliss-reactive ketones (excluding diaryl/α,β-unsaturated/α-hetero) is 1. The standard InChI is InChI=1S/C28H42O6/c1-17-11-19-20-8-7-18(12-22(30)32-6)25(20,4)13-21(29)23(19)26(5)9-10-27(14-28(17,26)31)33-15-24(2,3)16-34-27/h12,17,19-20,23,31H,7-11,13-16H2,1-6H3/b18-12-/t17-,19-,20-,23+,25+,26+,28-/m0/s1. The first-order valence-electron chi connectivity index (χ1n) is 13.1. The summed E-state index contributed by atoms with van der Waals surface area (Å²) in [6.45, 7) is 12.0. The van der Waals surface area contributed by atoms with Gasteiger partial charge >= 0.3 is 5.97 Å². The van der Waals surface area contributed by atoms with Crippen LogP contribution in [0.3, 0.4) is 0 Å². The molecule has 0 aromatic carbocycles. The fourth-order valence-electron chi connectivity index (χ4n) is 8.71. The molecule has 0 amide bonds. The fourth-order valence-corrected chi connectivity index (χ4v) is 8.71. The summed E-state index contributed by atoms with van der Waals surface area (Å²) in [5, 5.41) is 12.3. The van der Waals surface area contributed by atoms with Crippen LogP contribution in [0.2, 0.25) is 0 Å². The zero-order valence-corrected chi connectivity index (χ0v) is 21.7. The average Bonchev–Trinajstić information content (AvgIpc) is 3.08. The average molecular weight is 475 g/mol. The number of ether oxygens (including phenoxy) is 3. The summed E-state index contributed by atoms with van der Waals surface area (Å²) < 4.78 is 17.5. The number of rotatable bonds is 1. The number of esters is 1. The molecule has 6 heteroatoms. The van der Waals surface area contributed by atoms with Crippen molar-refractivity contribution in [1.29, 1.82) is 0 Å². The first-order chi connectivity index (χ1) is 15.8.